The molecule has 8 nitrogen and oxygen atoms in total. The predicted molar refractivity (Wildman–Crippen MR) is 124 cm³/mol. The highest BCUT2D eigenvalue weighted by Gasteiger charge is 2.30. The second-order valence-corrected chi connectivity index (χ2v) is 10.1. The van der Waals surface area contributed by atoms with Crippen LogP contribution in [0.2, 0.25) is 0 Å². The maximum atomic E-state index is 13.5. The summed E-state index contributed by atoms with van der Waals surface area (Å²) >= 11 is 1.44. The van der Waals surface area contributed by atoms with Gasteiger partial charge in [0.15, 0.2) is 11.5 Å². The molecule has 0 radical (unpaired) electrons. The number of hydrogen-bond donors (Lipinski definition) is 1. The van der Waals surface area contributed by atoms with Crippen LogP contribution in [0.25, 0.3) is 10.8 Å². The lowest BCUT2D eigenvalue weighted by Gasteiger charge is -2.18. The highest BCUT2D eigenvalue weighted by Crippen LogP contribution is 2.37. The summed E-state index contributed by atoms with van der Waals surface area (Å²) in [6, 6.07) is 8.32. The van der Waals surface area contributed by atoms with Crippen LogP contribution in [0.15, 0.2) is 50.1 Å². The second-order valence-electron chi connectivity index (χ2n) is 7.25. The van der Waals surface area contributed by atoms with Gasteiger partial charge in [0.25, 0.3) is 0 Å². The van der Waals surface area contributed by atoms with Gasteiger partial charge in [0.05, 0.1) is 9.77 Å². The number of nitrogens with zero attached hydrogens (tertiary/aromatic N) is 2. The van der Waals surface area contributed by atoms with Crippen molar-refractivity contribution in [3.05, 3.63) is 35.7 Å². The topological polar surface area (TPSA) is 93.9 Å². The third kappa shape index (κ3) is 4.77. The lowest BCUT2D eigenvalue weighted by molar-refractivity contribution is 0.171. The van der Waals surface area contributed by atoms with E-state index in [1.54, 1.807) is 6.07 Å². The molecule has 2 aromatic heterocycles. The third-order valence-corrected chi connectivity index (χ3v) is 7.76. The molecule has 3 heterocycles. The first kappa shape index (κ1) is 22.6. The van der Waals surface area contributed by atoms with Gasteiger partial charge < -0.3 is 24.1 Å². The highest BCUT2D eigenvalue weighted by molar-refractivity contribution is 7.91. The Balaban J connectivity index is 1.62. The Morgan fingerprint density at radius 3 is 2.62 bits per heavy atom. The molecule has 0 spiro atoms. The number of thiophene rings is 1. The van der Waals surface area contributed by atoms with E-state index in [9.17, 15) is 8.42 Å². The Kier molecular flexibility index (Phi) is 7.02. The molecule has 172 valence electrons. The minimum atomic E-state index is -3.94. The van der Waals surface area contributed by atoms with E-state index in [2.05, 4.69) is 29.0 Å². The normalized spacial score (nSPS) is 13.5. The molecular weight excluding hydrogens is 450 g/mol. The van der Waals surface area contributed by atoms with Crippen molar-refractivity contribution in [3.8, 4) is 22.3 Å². The summed E-state index contributed by atoms with van der Waals surface area (Å²) in [6.45, 7) is 8.50. The molecule has 1 aliphatic heterocycles. The van der Waals surface area contributed by atoms with E-state index < -0.39 is 9.84 Å². The standard InChI is InChI=1S/C22H27N3O5S2/c1-3-25(4-2)11-6-10-23-21-22(24-20(30-21)19-7-5-14-31-19)32(26,27)16-8-9-17-18(15-16)29-13-12-28-17/h5,7-9,14-15,23H,3-4,6,10-13H2,1-2H3. The molecule has 0 saturated carbocycles. The number of ether oxygens (including phenoxy) is 2. The minimum absolute atomic E-state index is 0.0824. The van der Waals surface area contributed by atoms with Crippen LogP contribution < -0.4 is 14.8 Å². The molecule has 1 N–H and O–H groups in total. The number of sulfone groups is 1. The van der Waals surface area contributed by atoms with Gasteiger partial charge in [-0.05, 0) is 49.6 Å². The smallest absolute Gasteiger partial charge is 0.240 e. The minimum Gasteiger partial charge on any atom is -0.486 e. The van der Waals surface area contributed by atoms with Crippen molar-refractivity contribution in [1.29, 1.82) is 0 Å². The fourth-order valence-electron chi connectivity index (χ4n) is 3.45. The van der Waals surface area contributed by atoms with E-state index in [1.165, 1.54) is 23.5 Å². The molecule has 0 bridgehead atoms. The monoisotopic (exact) mass is 477 g/mol. The van der Waals surface area contributed by atoms with E-state index in [0.717, 1.165) is 30.9 Å². The fourth-order valence-corrected chi connectivity index (χ4v) is 5.40. The van der Waals surface area contributed by atoms with E-state index in [0.29, 0.717) is 31.3 Å². The first-order valence-electron chi connectivity index (χ1n) is 10.7. The molecule has 0 amide bonds. The third-order valence-electron chi connectivity index (χ3n) is 5.24. The summed E-state index contributed by atoms with van der Waals surface area (Å²) in [5, 5.41) is 4.92. The van der Waals surface area contributed by atoms with E-state index in [1.807, 2.05) is 17.5 Å². The number of fused-ring (bicyclic) bond motifs is 1. The first-order valence-corrected chi connectivity index (χ1v) is 13.0. The van der Waals surface area contributed by atoms with E-state index >= 15 is 0 Å². The molecule has 0 aliphatic carbocycles. The Morgan fingerprint density at radius 1 is 1.12 bits per heavy atom. The molecule has 0 unspecified atom stereocenters. The van der Waals surface area contributed by atoms with Gasteiger partial charge in [-0.2, -0.15) is 4.98 Å². The van der Waals surface area contributed by atoms with Gasteiger partial charge in [-0.25, -0.2) is 8.42 Å². The zero-order chi connectivity index (χ0) is 22.6. The zero-order valence-electron chi connectivity index (χ0n) is 18.2. The van der Waals surface area contributed by atoms with Crippen molar-refractivity contribution < 1.29 is 22.3 Å². The zero-order valence-corrected chi connectivity index (χ0v) is 19.8. The van der Waals surface area contributed by atoms with Gasteiger partial charge in [-0.1, -0.05) is 19.9 Å². The Morgan fingerprint density at radius 2 is 1.91 bits per heavy atom. The summed E-state index contributed by atoms with van der Waals surface area (Å²) in [5.41, 5.74) is 0. The summed E-state index contributed by atoms with van der Waals surface area (Å²) in [4.78, 5) is 7.53. The van der Waals surface area contributed by atoms with Gasteiger partial charge in [-0.15, -0.1) is 11.3 Å². The molecule has 1 aliphatic rings. The molecule has 32 heavy (non-hydrogen) atoms. The molecule has 3 aromatic rings. The van der Waals surface area contributed by atoms with Gasteiger partial charge in [0.1, 0.15) is 13.2 Å². The molecule has 4 rings (SSSR count). The van der Waals surface area contributed by atoms with Gasteiger partial charge in [-0.3, -0.25) is 0 Å². The number of nitrogens with one attached hydrogen (secondary N) is 1. The average Bonchev–Trinajstić information content (AvgIpc) is 3.49. The van der Waals surface area contributed by atoms with Crippen LogP contribution in [0.3, 0.4) is 0 Å². The van der Waals surface area contributed by atoms with Crippen LogP contribution in [0.4, 0.5) is 5.88 Å². The highest BCUT2D eigenvalue weighted by atomic mass is 32.2. The van der Waals surface area contributed by atoms with Crippen LogP contribution in [-0.4, -0.2) is 57.7 Å². The summed E-state index contributed by atoms with van der Waals surface area (Å²) in [7, 11) is -3.94. The predicted octanol–water partition coefficient (Wildman–Crippen LogP) is 4.15. The molecule has 0 atom stereocenters. The quantitative estimate of drug-likeness (QED) is 0.435. The average molecular weight is 478 g/mol. The largest absolute Gasteiger partial charge is 0.486 e. The van der Waals surface area contributed by atoms with Crippen molar-refractivity contribution in [2.24, 2.45) is 0 Å². The second kappa shape index (κ2) is 9.93. The summed E-state index contributed by atoms with van der Waals surface area (Å²) in [5.74, 6) is 1.38. The number of hydrogen-bond acceptors (Lipinski definition) is 9. The van der Waals surface area contributed by atoms with E-state index in [4.69, 9.17) is 13.9 Å². The number of anilines is 1. The number of rotatable bonds is 10. The molecule has 10 heteroatoms. The first-order chi connectivity index (χ1) is 15.5. The molecule has 1 aromatic carbocycles. The van der Waals surface area contributed by atoms with Crippen LogP contribution in [0.5, 0.6) is 11.5 Å². The number of oxazole rings is 1. The maximum absolute atomic E-state index is 13.5. The Labute approximate surface area is 192 Å². The van der Waals surface area contributed by atoms with E-state index in [-0.39, 0.29) is 21.7 Å². The van der Waals surface area contributed by atoms with Gasteiger partial charge in [0.2, 0.25) is 26.6 Å². The lowest BCUT2D eigenvalue weighted by Crippen LogP contribution is -2.25. The van der Waals surface area contributed by atoms with Gasteiger partial charge >= 0.3 is 0 Å². The summed E-state index contributed by atoms with van der Waals surface area (Å²) in [6.07, 6.45) is 0.847. The molecule has 0 fully saturated rings. The van der Waals surface area contributed by atoms with Crippen LogP contribution in [0, 0.1) is 0 Å². The molecular formula is C22H27N3O5S2. The van der Waals surface area contributed by atoms with Gasteiger partial charge in [0, 0.05) is 12.6 Å². The van der Waals surface area contributed by atoms with Crippen LogP contribution in [0.1, 0.15) is 20.3 Å². The van der Waals surface area contributed by atoms with Crippen molar-refractivity contribution in [2.75, 3.05) is 44.7 Å². The van der Waals surface area contributed by atoms with Crippen molar-refractivity contribution in [2.45, 2.75) is 30.2 Å². The van der Waals surface area contributed by atoms with Crippen molar-refractivity contribution >= 4 is 27.1 Å². The Hall–Kier alpha value is -2.56. The number of benzene rings is 1. The molecule has 0 saturated heterocycles. The van der Waals surface area contributed by atoms with Crippen LogP contribution >= 0.6 is 11.3 Å². The van der Waals surface area contributed by atoms with Crippen LogP contribution in [-0.2, 0) is 9.84 Å². The maximum Gasteiger partial charge on any atom is 0.240 e. The summed E-state index contributed by atoms with van der Waals surface area (Å²) < 4.78 is 43.9. The lowest BCUT2D eigenvalue weighted by atomic mass is 10.3. The fraction of sp³-hybridized carbons (Fsp3) is 0.409. The Bertz CT molecular complexity index is 1140. The SMILES string of the molecule is CCN(CC)CCCNc1oc(-c2cccs2)nc1S(=O)(=O)c1ccc2c(c1)OCCO2. The number of aromatic nitrogens is 1. The van der Waals surface area contributed by atoms with Crippen molar-refractivity contribution in [1.82, 2.24) is 9.88 Å². The van der Waals surface area contributed by atoms with Crippen molar-refractivity contribution in [3.63, 3.8) is 0 Å².